The summed E-state index contributed by atoms with van der Waals surface area (Å²) in [5, 5.41) is 2.45. The van der Waals surface area contributed by atoms with Crippen molar-refractivity contribution in [3.8, 4) is 5.69 Å². The van der Waals surface area contributed by atoms with E-state index in [1.807, 2.05) is 10.8 Å². The number of carbonyl (C=O) groups is 1. The van der Waals surface area contributed by atoms with Crippen molar-refractivity contribution < 1.29 is 4.79 Å². The predicted molar refractivity (Wildman–Crippen MR) is 90.2 cm³/mol. The third kappa shape index (κ3) is 4.35. The number of carbonyl (C=O) groups excluding carboxylic acids is 1. The van der Waals surface area contributed by atoms with Crippen LogP contribution in [0.5, 0.6) is 0 Å². The van der Waals surface area contributed by atoms with Crippen molar-refractivity contribution in [1.29, 1.82) is 0 Å². The second kappa shape index (κ2) is 7.47. The maximum Gasteiger partial charge on any atom is 0.244 e. The van der Waals surface area contributed by atoms with Crippen LogP contribution in [0.4, 0.5) is 0 Å². The van der Waals surface area contributed by atoms with Gasteiger partial charge in [0.1, 0.15) is 0 Å². The molecule has 2 aromatic rings. The standard InChI is InChI=1S/C16H22N4OS/c1-12(2)13-5-7-14(8-6-13)20-10-9-17-16(20)22-11-15(21)18-19(3)4/h5-10,12H,11H2,1-4H3,(H,18,21). The van der Waals surface area contributed by atoms with Crippen LogP contribution in [0.1, 0.15) is 25.3 Å². The summed E-state index contributed by atoms with van der Waals surface area (Å²) in [6, 6.07) is 8.43. The van der Waals surface area contributed by atoms with Crippen LogP contribution in [0.15, 0.2) is 41.8 Å². The number of benzene rings is 1. The van der Waals surface area contributed by atoms with Crippen LogP contribution in [0.2, 0.25) is 0 Å². The molecule has 1 aromatic heterocycles. The zero-order chi connectivity index (χ0) is 16.1. The molecule has 0 spiro atoms. The first-order valence-corrected chi connectivity index (χ1v) is 8.19. The van der Waals surface area contributed by atoms with E-state index >= 15 is 0 Å². The lowest BCUT2D eigenvalue weighted by atomic mass is 10.0. The maximum absolute atomic E-state index is 11.7. The van der Waals surface area contributed by atoms with Crippen LogP contribution in [0.25, 0.3) is 5.69 Å². The SMILES string of the molecule is CC(C)c1ccc(-n2ccnc2SCC(=O)NN(C)C)cc1. The molecule has 1 N–H and O–H groups in total. The quantitative estimate of drug-likeness (QED) is 0.657. The molecule has 5 nitrogen and oxygen atoms in total. The van der Waals surface area contributed by atoms with Crippen molar-refractivity contribution in [2.45, 2.75) is 24.9 Å². The van der Waals surface area contributed by atoms with E-state index in [1.165, 1.54) is 17.3 Å². The van der Waals surface area contributed by atoms with Crippen LogP contribution >= 0.6 is 11.8 Å². The molecule has 1 aromatic carbocycles. The minimum atomic E-state index is -0.0419. The van der Waals surface area contributed by atoms with Crippen molar-refractivity contribution in [1.82, 2.24) is 20.0 Å². The highest BCUT2D eigenvalue weighted by Crippen LogP contribution is 2.22. The van der Waals surface area contributed by atoms with Gasteiger partial charge < -0.3 is 0 Å². The topological polar surface area (TPSA) is 50.2 Å². The average molecular weight is 318 g/mol. The highest BCUT2D eigenvalue weighted by atomic mass is 32.2. The molecule has 22 heavy (non-hydrogen) atoms. The molecule has 0 saturated carbocycles. The summed E-state index contributed by atoms with van der Waals surface area (Å²) >= 11 is 1.42. The normalized spacial score (nSPS) is 11.2. The zero-order valence-corrected chi connectivity index (χ0v) is 14.2. The smallest absolute Gasteiger partial charge is 0.244 e. The number of hydrogen-bond acceptors (Lipinski definition) is 4. The van der Waals surface area contributed by atoms with Gasteiger partial charge in [0.2, 0.25) is 5.91 Å². The predicted octanol–water partition coefficient (Wildman–Crippen LogP) is 2.68. The third-order valence-corrected chi connectivity index (χ3v) is 4.09. The first-order chi connectivity index (χ1) is 10.5. The number of aromatic nitrogens is 2. The van der Waals surface area contributed by atoms with Gasteiger partial charge in [-0.15, -0.1) is 0 Å². The third-order valence-electron chi connectivity index (χ3n) is 3.13. The van der Waals surface area contributed by atoms with Gasteiger partial charge in [0.05, 0.1) is 5.75 Å². The van der Waals surface area contributed by atoms with E-state index in [9.17, 15) is 4.79 Å². The first kappa shape index (κ1) is 16.6. The van der Waals surface area contributed by atoms with Crippen molar-refractivity contribution in [3.05, 3.63) is 42.2 Å². The fourth-order valence-corrected chi connectivity index (χ4v) is 2.79. The van der Waals surface area contributed by atoms with Crippen molar-refractivity contribution >= 4 is 17.7 Å². The highest BCUT2D eigenvalue weighted by Gasteiger charge is 2.09. The molecular weight excluding hydrogens is 296 g/mol. The van der Waals surface area contributed by atoms with Crippen molar-refractivity contribution in [2.75, 3.05) is 19.8 Å². The number of imidazole rings is 1. The first-order valence-electron chi connectivity index (χ1n) is 7.20. The summed E-state index contributed by atoms with van der Waals surface area (Å²) in [5.74, 6) is 0.805. The number of nitrogens with one attached hydrogen (secondary N) is 1. The average Bonchev–Trinajstić information content (AvgIpc) is 2.93. The molecule has 0 bridgehead atoms. The summed E-state index contributed by atoms with van der Waals surface area (Å²) in [7, 11) is 3.58. The molecule has 1 amide bonds. The van der Waals surface area contributed by atoms with E-state index < -0.39 is 0 Å². The van der Waals surface area contributed by atoms with Gasteiger partial charge in [-0.25, -0.2) is 9.99 Å². The van der Waals surface area contributed by atoms with E-state index in [-0.39, 0.29) is 5.91 Å². The number of nitrogens with zero attached hydrogens (tertiary/aromatic N) is 3. The van der Waals surface area contributed by atoms with Gasteiger partial charge in [0, 0.05) is 32.2 Å². The van der Waals surface area contributed by atoms with E-state index in [0.29, 0.717) is 11.7 Å². The number of thioether (sulfide) groups is 1. The van der Waals surface area contributed by atoms with Crippen LogP contribution in [-0.2, 0) is 4.79 Å². The number of hydrazine groups is 1. The molecule has 0 aliphatic heterocycles. The van der Waals surface area contributed by atoms with Gasteiger partial charge in [0.25, 0.3) is 0 Å². The van der Waals surface area contributed by atoms with Gasteiger partial charge in [-0.3, -0.25) is 14.8 Å². The molecule has 0 aliphatic rings. The van der Waals surface area contributed by atoms with Crippen LogP contribution in [-0.4, -0.2) is 40.3 Å². The Kier molecular flexibility index (Phi) is 5.63. The summed E-state index contributed by atoms with van der Waals surface area (Å²) in [6.07, 6.45) is 3.67. The van der Waals surface area contributed by atoms with Crippen molar-refractivity contribution in [3.63, 3.8) is 0 Å². The molecule has 0 radical (unpaired) electrons. The summed E-state index contributed by atoms with van der Waals surface area (Å²) in [4.78, 5) is 16.0. The lowest BCUT2D eigenvalue weighted by Gasteiger charge is -2.12. The molecule has 0 fully saturated rings. The Hall–Kier alpha value is -1.79. The zero-order valence-electron chi connectivity index (χ0n) is 13.4. The number of amides is 1. The highest BCUT2D eigenvalue weighted by molar-refractivity contribution is 7.99. The molecular formula is C16H22N4OS. The van der Waals surface area contributed by atoms with Gasteiger partial charge in [-0.1, -0.05) is 37.7 Å². The van der Waals surface area contributed by atoms with Gasteiger partial charge in [-0.2, -0.15) is 0 Å². The number of hydrogen-bond donors (Lipinski definition) is 1. The summed E-state index contributed by atoms with van der Waals surface area (Å²) in [5.41, 5.74) is 5.08. The monoisotopic (exact) mass is 318 g/mol. The fourth-order valence-electron chi connectivity index (χ4n) is 2.02. The van der Waals surface area contributed by atoms with E-state index in [4.69, 9.17) is 0 Å². The largest absolute Gasteiger partial charge is 0.295 e. The molecule has 0 aliphatic carbocycles. The van der Waals surface area contributed by atoms with E-state index in [1.54, 1.807) is 25.3 Å². The van der Waals surface area contributed by atoms with Gasteiger partial charge >= 0.3 is 0 Å². The maximum atomic E-state index is 11.7. The van der Waals surface area contributed by atoms with E-state index in [0.717, 1.165) is 10.8 Å². The van der Waals surface area contributed by atoms with Gasteiger partial charge in [-0.05, 0) is 23.6 Å². The van der Waals surface area contributed by atoms with Crippen LogP contribution in [0.3, 0.4) is 0 Å². The second-order valence-electron chi connectivity index (χ2n) is 5.54. The Morgan fingerprint density at radius 1 is 1.32 bits per heavy atom. The Balaban J connectivity index is 2.07. The van der Waals surface area contributed by atoms with Crippen LogP contribution < -0.4 is 5.43 Å². The van der Waals surface area contributed by atoms with E-state index in [2.05, 4.69) is 48.5 Å². The lowest BCUT2D eigenvalue weighted by molar-refractivity contribution is -0.122. The molecule has 0 unspecified atom stereocenters. The number of rotatable bonds is 6. The lowest BCUT2D eigenvalue weighted by Crippen LogP contribution is -2.37. The Morgan fingerprint density at radius 3 is 2.59 bits per heavy atom. The Morgan fingerprint density at radius 2 is 2.00 bits per heavy atom. The second-order valence-corrected chi connectivity index (χ2v) is 6.49. The molecule has 1 heterocycles. The Labute approximate surface area is 135 Å². The minimum Gasteiger partial charge on any atom is -0.295 e. The fraction of sp³-hybridized carbons (Fsp3) is 0.375. The van der Waals surface area contributed by atoms with Crippen molar-refractivity contribution in [2.24, 2.45) is 0 Å². The molecule has 0 saturated heterocycles. The minimum absolute atomic E-state index is 0.0419. The molecule has 2 rings (SSSR count). The summed E-state index contributed by atoms with van der Waals surface area (Å²) in [6.45, 7) is 4.35. The summed E-state index contributed by atoms with van der Waals surface area (Å²) < 4.78 is 2.00. The van der Waals surface area contributed by atoms with Gasteiger partial charge in [0.15, 0.2) is 5.16 Å². The molecule has 118 valence electrons. The molecule has 6 heteroatoms. The van der Waals surface area contributed by atoms with Crippen LogP contribution in [0, 0.1) is 0 Å². The molecule has 0 atom stereocenters. The Bertz CT molecular complexity index is 619.